The van der Waals surface area contributed by atoms with E-state index in [4.69, 9.17) is 17.3 Å². The topological polar surface area (TPSA) is 67.5 Å². The van der Waals surface area contributed by atoms with Crippen molar-refractivity contribution in [2.75, 3.05) is 7.05 Å². The van der Waals surface area contributed by atoms with Crippen LogP contribution in [0.3, 0.4) is 0 Å². The third-order valence-corrected chi connectivity index (χ3v) is 3.64. The highest BCUT2D eigenvalue weighted by Crippen LogP contribution is 2.14. The highest BCUT2D eigenvalue weighted by molar-refractivity contribution is 6.30. The SMILES string of the molecule is CCC/C(C(CC)=NC)=C(/N)C(=O)NCc1ccc(Cl)cc1. The minimum atomic E-state index is -0.256. The van der Waals surface area contributed by atoms with Gasteiger partial charge in [0.1, 0.15) is 5.70 Å². The molecule has 1 aromatic carbocycles. The molecule has 5 heteroatoms. The van der Waals surface area contributed by atoms with Gasteiger partial charge < -0.3 is 11.1 Å². The molecule has 0 saturated carbocycles. The summed E-state index contributed by atoms with van der Waals surface area (Å²) in [7, 11) is 1.73. The van der Waals surface area contributed by atoms with Crippen LogP contribution in [0, 0.1) is 0 Å². The lowest BCUT2D eigenvalue weighted by molar-refractivity contribution is -0.117. The zero-order valence-electron chi connectivity index (χ0n) is 13.4. The van der Waals surface area contributed by atoms with Gasteiger partial charge in [-0.3, -0.25) is 9.79 Å². The van der Waals surface area contributed by atoms with E-state index in [0.717, 1.165) is 36.1 Å². The number of carbonyl (C=O) groups excluding carboxylic acids is 1. The summed E-state index contributed by atoms with van der Waals surface area (Å²) in [6, 6.07) is 7.34. The predicted octanol–water partition coefficient (Wildman–Crippen LogP) is 3.45. The van der Waals surface area contributed by atoms with E-state index in [0.29, 0.717) is 11.6 Å². The third-order valence-electron chi connectivity index (χ3n) is 3.39. The van der Waals surface area contributed by atoms with Crippen LogP contribution in [-0.4, -0.2) is 18.7 Å². The van der Waals surface area contributed by atoms with Gasteiger partial charge in [0.25, 0.3) is 5.91 Å². The molecule has 4 nitrogen and oxygen atoms in total. The minimum absolute atomic E-state index is 0.256. The van der Waals surface area contributed by atoms with Gasteiger partial charge in [-0.05, 0) is 30.5 Å². The van der Waals surface area contributed by atoms with Crippen molar-refractivity contribution in [2.45, 2.75) is 39.7 Å². The van der Waals surface area contributed by atoms with Gasteiger partial charge in [-0.25, -0.2) is 0 Å². The Morgan fingerprint density at radius 1 is 1.27 bits per heavy atom. The van der Waals surface area contributed by atoms with Crippen LogP contribution in [0.4, 0.5) is 0 Å². The number of halogens is 1. The number of benzene rings is 1. The molecule has 1 rings (SSSR count). The number of rotatable bonds is 7. The Morgan fingerprint density at radius 2 is 1.91 bits per heavy atom. The Balaban J connectivity index is 2.83. The number of aliphatic imine (C=N–C) groups is 1. The largest absolute Gasteiger partial charge is 0.394 e. The van der Waals surface area contributed by atoms with Crippen LogP contribution < -0.4 is 11.1 Å². The van der Waals surface area contributed by atoms with Crippen LogP contribution in [-0.2, 0) is 11.3 Å². The van der Waals surface area contributed by atoms with Crippen LogP contribution >= 0.6 is 11.6 Å². The van der Waals surface area contributed by atoms with Gasteiger partial charge in [0.15, 0.2) is 0 Å². The van der Waals surface area contributed by atoms with Gasteiger partial charge in [0.05, 0.1) is 0 Å². The fourth-order valence-electron chi connectivity index (χ4n) is 2.21. The minimum Gasteiger partial charge on any atom is -0.394 e. The Kier molecular flexibility index (Phi) is 7.67. The first kappa shape index (κ1) is 18.2. The van der Waals surface area contributed by atoms with Crippen molar-refractivity contribution in [3.8, 4) is 0 Å². The van der Waals surface area contributed by atoms with Crippen molar-refractivity contribution < 1.29 is 4.79 Å². The van der Waals surface area contributed by atoms with E-state index in [1.54, 1.807) is 19.2 Å². The number of nitrogens with zero attached hydrogens (tertiary/aromatic N) is 1. The fourth-order valence-corrected chi connectivity index (χ4v) is 2.33. The zero-order chi connectivity index (χ0) is 16.5. The van der Waals surface area contributed by atoms with E-state index >= 15 is 0 Å². The van der Waals surface area contributed by atoms with Gasteiger partial charge >= 0.3 is 0 Å². The van der Waals surface area contributed by atoms with E-state index in [-0.39, 0.29) is 11.6 Å². The summed E-state index contributed by atoms with van der Waals surface area (Å²) in [5.41, 5.74) is 9.03. The second-order valence-electron chi connectivity index (χ2n) is 4.98. The molecule has 0 aliphatic carbocycles. The molecule has 0 aliphatic heterocycles. The summed E-state index contributed by atoms with van der Waals surface area (Å²) in [6.07, 6.45) is 2.43. The van der Waals surface area contributed by atoms with Crippen molar-refractivity contribution in [3.05, 3.63) is 46.1 Å². The molecule has 0 bridgehead atoms. The van der Waals surface area contributed by atoms with Crippen LogP contribution in [0.1, 0.15) is 38.7 Å². The number of nitrogens with two attached hydrogens (primary N) is 1. The van der Waals surface area contributed by atoms with Crippen molar-refractivity contribution in [1.29, 1.82) is 0 Å². The molecule has 0 radical (unpaired) electrons. The first-order valence-electron chi connectivity index (χ1n) is 7.50. The number of carbonyl (C=O) groups is 1. The number of amides is 1. The molecule has 3 N–H and O–H groups in total. The molecule has 120 valence electrons. The molecule has 0 unspecified atom stereocenters. The van der Waals surface area contributed by atoms with Crippen LogP contribution in [0.25, 0.3) is 0 Å². The van der Waals surface area contributed by atoms with E-state index in [2.05, 4.69) is 17.2 Å². The molecular weight excluding hydrogens is 298 g/mol. The Bertz CT molecular complexity index is 562. The lowest BCUT2D eigenvalue weighted by Crippen LogP contribution is -2.30. The molecular formula is C17H24ClN3O. The van der Waals surface area contributed by atoms with Gasteiger partial charge in [-0.15, -0.1) is 0 Å². The number of hydrogen-bond donors (Lipinski definition) is 2. The maximum atomic E-state index is 12.3. The summed E-state index contributed by atoms with van der Waals surface area (Å²) in [5.74, 6) is -0.256. The molecule has 1 amide bonds. The molecule has 0 fully saturated rings. The summed E-state index contributed by atoms with van der Waals surface area (Å²) in [6.45, 7) is 4.49. The molecule has 0 aromatic heterocycles. The first-order valence-corrected chi connectivity index (χ1v) is 7.88. The van der Waals surface area contributed by atoms with Crippen LogP contribution in [0.2, 0.25) is 5.02 Å². The van der Waals surface area contributed by atoms with Gasteiger partial charge in [0, 0.05) is 29.9 Å². The zero-order valence-corrected chi connectivity index (χ0v) is 14.2. The highest BCUT2D eigenvalue weighted by atomic mass is 35.5. The molecule has 0 saturated heterocycles. The van der Waals surface area contributed by atoms with E-state index in [1.807, 2.05) is 19.1 Å². The second kappa shape index (κ2) is 9.26. The van der Waals surface area contributed by atoms with E-state index in [1.165, 1.54) is 0 Å². The van der Waals surface area contributed by atoms with Crippen molar-refractivity contribution in [1.82, 2.24) is 5.32 Å². The van der Waals surface area contributed by atoms with Crippen molar-refractivity contribution in [3.63, 3.8) is 0 Å². The fraction of sp³-hybridized carbons (Fsp3) is 0.412. The molecule has 0 atom stereocenters. The average molecular weight is 322 g/mol. The Morgan fingerprint density at radius 3 is 2.41 bits per heavy atom. The Labute approximate surface area is 137 Å². The summed E-state index contributed by atoms with van der Waals surface area (Å²) >= 11 is 5.84. The van der Waals surface area contributed by atoms with Gasteiger partial charge in [0.2, 0.25) is 0 Å². The van der Waals surface area contributed by atoms with Gasteiger partial charge in [-0.1, -0.05) is 44.0 Å². The lowest BCUT2D eigenvalue weighted by atomic mass is 10.0. The number of allylic oxidation sites excluding steroid dienone is 1. The van der Waals surface area contributed by atoms with Crippen LogP contribution in [0.5, 0.6) is 0 Å². The van der Waals surface area contributed by atoms with Crippen molar-refractivity contribution in [2.24, 2.45) is 10.7 Å². The lowest BCUT2D eigenvalue weighted by Gasteiger charge is -2.13. The molecule has 0 aliphatic rings. The maximum absolute atomic E-state index is 12.3. The maximum Gasteiger partial charge on any atom is 0.267 e. The molecule has 1 aromatic rings. The third kappa shape index (κ3) is 5.19. The second-order valence-corrected chi connectivity index (χ2v) is 5.41. The van der Waals surface area contributed by atoms with E-state index < -0.39 is 0 Å². The number of hydrogen-bond acceptors (Lipinski definition) is 3. The molecule has 0 heterocycles. The standard InChI is InChI=1S/C17H24ClN3O/c1-4-6-14(15(5-2)20-3)16(19)17(22)21-11-12-7-9-13(18)10-8-12/h7-10H,4-6,11,19H2,1-3H3,(H,21,22)/b16-14-,20-15?. The summed E-state index contributed by atoms with van der Waals surface area (Å²) in [4.78, 5) is 16.5. The highest BCUT2D eigenvalue weighted by Gasteiger charge is 2.14. The quantitative estimate of drug-likeness (QED) is 0.596. The summed E-state index contributed by atoms with van der Waals surface area (Å²) < 4.78 is 0. The average Bonchev–Trinajstić information content (AvgIpc) is 2.53. The number of nitrogens with one attached hydrogen (secondary N) is 1. The van der Waals surface area contributed by atoms with E-state index in [9.17, 15) is 4.79 Å². The van der Waals surface area contributed by atoms with Gasteiger partial charge in [-0.2, -0.15) is 0 Å². The predicted molar refractivity (Wildman–Crippen MR) is 93.1 cm³/mol. The van der Waals surface area contributed by atoms with Crippen molar-refractivity contribution >= 4 is 23.2 Å². The van der Waals surface area contributed by atoms with Crippen LogP contribution in [0.15, 0.2) is 40.5 Å². The normalized spacial score (nSPS) is 12.8. The Hall–Kier alpha value is -1.81. The smallest absolute Gasteiger partial charge is 0.267 e. The monoisotopic (exact) mass is 321 g/mol. The molecule has 0 spiro atoms. The molecule has 22 heavy (non-hydrogen) atoms. The summed E-state index contributed by atoms with van der Waals surface area (Å²) in [5, 5.41) is 3.51. The first-order chi connectivity index (χ1) is 10.5.